The molecule has 132 valence electrons. The predicted molar refractivity (Wildman–Crippen MR) is 97.7 cm³/mol. The van der Waals surface area contributed by atoms with Crippen molar-refractivity contribution in [2.45, 2.75) is 38.6 Å². The van der Waals surface area contributed by atoms with Crippen molar-refractivity contribution < 1.29 is 4.74 Å². The van der Waals surface area contributed by atoms with E-state index in [1.807, 2.05) is 0 Å². The van der Waals surface area contributed by atoms with Gasteiger partial charge in [0.15, 0.2) is 0 Å². The van der Waals surface area contributed by atoms with Crippen LogP contribution in [0.2, 0.25) is 0 Å². The van der Waals surface area contributed by atoms with Crippen molar-refractivity contribution >= 4 is 16.7 Å². The Labute approximate surface area is 148 Å². The SMILES string of the molecule is CC1(C)CNC[C@@H]1Nc1c(C#N)cnc2[nH]cc(C3CCOCC3)c12. The Morgan fingerprint density at radius 1 is 1.36 bits per heavy atom. The average molecular weight is 339 g/mol. The molecule has 0 aromatic carbocycles. The van der Waals surface area contributed by atoms with Crippen molar-refractivity contribution in [1.82, 2.24) is 15.3 Å². The number of hydrogen-bond acceptors (Lipinski definition) is 5. The number of H-pyrrole nitrogens is 1. The monoisotopic (exact) mass is 339 g/mol. The molecule has 2 aromatic rings. The topological polar surface area (TPSA) is 85.8 Å². The maximum atomic E-state index is 9.64. The van der Waals surface area contributed by atoms with Crippen LogP contribution in [0.4, 0.5) is 5.69 Å². The van der Waals surface area contributed by atoms with Crippen LogP contribution in [0, 0.1) is 16.7 Å². The molecule has 2 aromatic heterocycles. The fourth-order valence-electron chi connectivity index (χ4n) is 4.04. The zero-order valence-corrected chi connectivity index (χ0v) is 14.9. The van der Waals surface area contributed by atoms with Gasteiger partial charge in [0.2, 0.25) is 0 Å². The van der Waals surface area contributed by atoms with Crippen LogP contribution in [0.25, 0.3) is 11.0 Å². The maximum Gasteiger partial charge on any atom is 0.139 e. The Hall–Kier alpha value is -2.10. The fourth-order valence-corrected chi connectivity index (χ4v) is 4.04. The number of rotatable bonds is 3. The number of nitrogens with zero attached hydrogens (tertiary/aromatic N) is 2. The molecule has 0 aliphatic carbocycles. The summed E-state index contributed by atoms with van der Waals surface area (Å²) >= 11 is 0. The van der Waals surface area contributed by atoms with Crippen molar-refractivity contribution in [3.8, 4) is 6.07 Å². The molecule has 0 radical (unpaired) electrons. The highest BCUT2D eigenvalue weighted by atomic mass is 16.5. The molecule has 6 nitrogen and oxygen atoms in total. The van der Waals surface area contributed by atoms with Crippen LogP contribution in [0.5, 0.6) is 0 Å². The Kier molecular flexibility index (Phi) is 4.14. The van der Waals surface area contributed by atoms with Crippen LogP contribution >= 0.6 is 0 Å². The van der Waals surface area contributed by atoms with E-state index >= 15 is 0 Å². The van der Waals surface area contributed by atoms with E-state index in [0.717, 1.165) is 55.9 Å². The number of ether oxygens (including phenoxy) is 1. The summed E-state index contributed by atoms with van der Waals surface area (Å²) in [7, 11) is 0. The molecule has 0 amide bonds. The van der Waals surface area contributed by atoms with Gasteiger partial charge >= 0.3 is 0 Å². The highest BCUT2D eigenvalue weighted by molar-refractivity contribution is 5.95. The van der Waals surface area contributed by atoms with E-state index in [0.29, 0.717) is 11.5 Å². The van der Waals surface area contributed by atoms with Gasteiger partial charge in [-0.05, 0) is 29.7 Å². The first-order valence-corrected chi connectivity index (χ1v) is 9.05. The first kappa shape index (κ1) is 16.4. The third-order valence-electron chi connectivity index (χ3n) is 5.70. The van der Waals surface area contributed by atoms with Gasteiger partial charge in [0, 0.05) is 50.1 Å². The third-order valence-corrected chi connectivity index (χ3v) is 5.70. The van der Waals surface area contributed by atoms with E-state index in [4.69, 9.17) is 4.74 Å². The van der Waals surface area contributed by atoms with Crippen molar-refractivity contribution in [2.24, 2.45) is 5.41 Å². The molecule has 3 N–H and O–H groups in total. The third kappa shape index (κ3) is 2.88. The molecule has 6 heteroatoms. The first-order chi connectivity index (χ1) is 12.1. The smallest absolute Gasteiger partial charge is 0.139 e. The van der Waals surface area contributed by atoms with Gasteiger partial charge in [0.25, 0.3) is 0 Å². The summed E-state index contributed by atoms with van der Waals surface area (Å²) in [6.45, 7) is 7.98. The van der Waals surface area contributed by atoms with Crippen molar-refractivity contribution in [1.29, 1.82) is 5.26 Å². The second-order valence-electron chi connectivity index (χ2n) is 7.83. The van der Waals surface area contributed by atoms with Crippen molar-refractivity contribution in [3.63, 3.8) is 0 Å². The zero-order chi connectivity index (χ0) is 17.4. The van der Waals surface area contributed by atoms with Gasteiger partial charge in [0.1, 0.15) is 11.7 Å². The second kappa shape index (κ2) is 6.32. The Morgan fingerprint density at radius 3 is 2.84 bits per heavy atom. The standard InChI is InChI=1S/C19H25N5O/c1-19(2)11-21-10-15(19)24-17-13(7-20)8-22-18-16(17)14(9-23-18)12-3-5-25-6-4-12/h8-9,12,15,21H,3-6,10-11H2,1-2H3,(H2,22,23,24)/t15-/m0/s1. The average Bonchev–Trinajstić information content (AvgIpc) is 3.19. The number of anilines is 1. The molecule has 0 bridgehead atoms. The molecule has 4 heterocycles. The van der Waals surface area contributed by atoms with Gasteiger partial charge in [-0.15, -0.1) is 0 Å². The zero-order valence-electron chi connectivity index (χ0n) is 14.9. The molecule has 25 heavy (non-hydrogen) atoms. The van der Waals surface area contributed by atoms with E-state index < -0.39 is 0 Å². The summed E-state index contributed by atoms with van der Waals surface area (Å²) < 4.78 is 5.52. The first-order valence-electron chi connectivity index (χ1n) is 9.05. The van der Waals surface area contributed by atoms with Crippen LogP contribution in [0.3, 0.4) is 0 Å². The van der Waals surface area contributed by atoms with Gasteiger partial charge in [-0.1, -0.05) is 13.8 Å². The summed E-state index contributed by atoms with van der Waals surface area (Å²) in [6, 6.07) is 2.61. The quantitative estimate of drug-likeness (QED) is 0.800. The summed E-state index contributed by atoms with van der Waals surface area (Å²) in [5.41, 5.74) is 3.79. The molecule has 0 unspecified atom stereocenters. The molecular weight excluding hydrogens is 314 g/mol. The van der Waals surface area contributed by atoms with Gasteiger partial charge in [-0.3, -0.25) is 0 Å². The lowest BCUT2D eigenvalue weighted by molar-refractivity contribution is 0.0856. The molecule has 0 spiro atoms. The Bertz CT molecular complexity index is 813. The highest BCUT2D eigenvalue weighted by Crippen LogP contribution is 2.38. The van der Waals surface area contributed by atoms with E-state index in [1.165, 1.54) is 5.56 Å². The van der Waals surface area contributed by atoms with Crippen LogP contribution < -0.4 is 10.6 Å². The summed E-state index contributed by atoms with van der Waals surface area (Å²) in [6.07, 6.45) is 5.77. The van der Waals surface area contributed by atoms with Crippen LogP contribution in [0.15, 0.2) is 12.4 Å². The maximum absolute atomic E-state index is 9.64. The number of nitriles is 1. The van der Waals surface area contributed by atoms with Crippen LogP contribution in [-0.4, -0.2) is 42.3 Å². The van der Waals surface area contributed by atoms with E-state index in [-0.39, 0.29) is 11.5 Å². The molecular formula is C19H25N5O. The number of aromatic amines is 1. The fraction of sp³-hybridized carbons (Fsp3) is 0.579. The number of aromatic nitrogens is 2. The molecule has 1 atom stereocenters. The number of hydrogen-bond donors (Lipinski definition) is 3. The van der Waals surface area contributed by atoms with E-state index in [2.05, 4.69) is 46.7 Å². The number of nitrogens with one attached hydrogen (secondary N) is 3. The van der Waals surface area contributed by atoms with Crippen molar-refractivity contribution in [3.05, 3.63) is 23.5 Å². The summed E-state index contributed by atoms with van der Waals surface area (Å²) in [4.78, 5) is 7.78. The molecule has 2 saturated heterocycles. The van der Waals surface area contributed by atoms with Crippen LogP contribution in [0.1, 0.15) is 43.7 Å². The molecule has 2 aliphatic rings. The van der Waals surface area contributed by atoms with E-state index in [9.17, 15) is 5.26 Å². The largest absolute Gasteiger partial charge is 0.381 e. The van der Waals surface area contributed by atoms with Gasteiger partial charge in [-0.25, -0.2) is 4.98 Å². The molecule has 4 rings (SSSR count). The lowest BCUT2D eigenvalue weighted by atomic mass is 9.87. The highest BCUT2D eigenvalue weighted by Gasteiger charge is 2.35. The Morgan fingerprint density at radius 2 is 2.16 bits per heavy atom. The predicted octanol–water partition coefficient (Wildman–Crippen LogP) is 2.74. The van der Waals surface area contributed by atoms with E-state index in [1.54, 1.807) is 6.20 Å². The van der Waals surface area contributed by atoms with Crippen LogP contribution in [-0.2, 0) is 4.74 Å². The number of pyridine rings is 1. The summed E-state index contributed by atoms with van der Waals surface area (Å²) in [5.74, 6) is 0.452. The van der Waals surface area contributed by atoms with Gasteiger partial charge in [0.05, 0.1) is 11.3 Å². The summed E-state index contributed by atoms with van der Waals surface area (Å²) in [5, 5.41) is 17.9. The molecule has 2 aliphatic heterocycles. The minimum Gasteiger partial charge on any atom is -0.381 e. The van der Waals surface area contributed by atoms with Gasteiger partial charge in [-0.2, -0.15) is 5.26 Å². The Balaban J connectivity index is 1.80. The second-order valence-corrected chi connectivity index (χ2v) is 7.83. The normalized spacial score (nSPS) is 23.6. The molecule has 0 saturated carbocycles. The lowest BCUT2D eigenvalue weighted by Gasteiger charge is -2.29. The minimum absolute atomic E-state index is 0.136. The lowest BCUT2D eigenvalue weighted by Crippen LogP contribution is -2.35. The van der Waals surface area contributed by atoms with Gasteiger partial charge < -0.3 is 20.4 Å². The van der Waals surface area contributed by atoms with Crippen molar-refractivity contribution in [2.75, 3.05) is 31.6 Å². The number of fused-ring (bicyclic) bond motifs is 1. The molecule has 2 fully saturated rings. The minimum atomic E-state index is 0.136.